The Bertz CT molecular complexity index is 333. The van der Waals surface area contributed by atoms with Gasteiger partial charge in [-0.15, -0.1) is 11.6 Å². The average molecular weight is 292 g/mol. The molecule has 1 rings (SSSR count). The molecule has 0 heterocycles. The zero-order valence-corrected chi connectivity index (χ0v) is 10.9. The topological polar surface area (TPSA) is 40.5 Å². The van der Waals surface area contributed by atoms with Crippen LogP contribution >= 0.6 is 46.4 Å². The lowest BCUT2D eigenvalue weighted by molar-refractivity contribution is -0.117. The maximum Gasteiger partial charge on any atom is 0.224 e. The molecule has 1 aliphatic rings. The SMILES string of the molecule is CCCC1=C(Cl)C(Cl)C(O)(O)C(Cl)=C1Cl. The number of hydrogen-bond donors (Lipinski definition) is 2. The minimum Gasteiger partial charge on any atom is -0.360 e. The molecule has 86 valence electrons. The van der Waals surface area contributed by atoms with Crippen LogP contribution in [0, 0.1) is 0 Å². The van der Waals surface area contributed by atoms with Gasteiger partial charge in [-0.05, 0) is 12.0 Å². The highest BCUT2D eigenvalue weighted by Gasteiger charge is 2.45. The van der Waals surface area contributed by atoms with Crippen molar-refractivity contribution in [2.75, 3.05) is 0 Å². The van der Waals surface area contributed by atoms with Gasteiger partial charge in [0.2, 0.25) is 5.79 Å². The fraction of sp³-hybridized carbons (Fsp3) is 0.556. The molecule has 2 N–H and O–H groups in total. The molecule has 1 unspecified atom stereocenters. The van der Waals surface area contributed by atoms with Crippen molar-refractivity contribution in [2.45, 2.75) is 30.9 Å². The molecule has 0 aromatic carbocycles. The molecular weight excluding hydrogens is 282 g/mol. The van der Waals surface area contributed by atoms with Gasteiger partial charge in [-0.1, -0.05) is 48.1 Å². The van der Waals surface area contributed by atoms with Crippen LogP contribution in [0.4, 0.5) is 0 Å². The highest BCUT2D eigenvalue weighted by Crippen LogP contribution is 2.45. The molecule has 15 heavy (non-hydrogen) atoms. The van der Waals surface area contributed by atoms with Crippen molar-refractivity contribution in [2.24, 2.45) is 0 Å². The van der Waals surface area contributed by atoms with E-state index in [-0.39, 0.29) is 15.1 Å². The molecule has 2 nitrogen and oxygen atoms in total. The van der Waals surface area contributed by atoms with E-state index in [1.54, 1.807) is 0 Å². The van der Waals surface area contributed by atoms with E-state index in [9.17, 15) is 10.2 Å². The van der Waals surface area contributed by atoms with E-state index in [0.29, 0.717) is 12.0 Å². The number of alkyl halides is 1. The summed E-state index contributed by atoms with van der Waals surface area (Å²) in [5.74, 6) is -2.39. The first-order valence-electron chi connectivity index (χ1n) is 4.37. The summed E-state index contributed by atoms with van der Waals surface area (Å²) in [4.78, 5) is 0. The maximum atomic E-state index is 9.57. The Labute approximate surface area is 108 Å². The number of hydrogen-bond acceptors (Lipinski definition) is 2. The third-order valence-corrected chi connectivity index (χ3v) is 4.21. The quantitative estimate of drug-likeness (QED) is 0.605. The van der Waals surface area contributed by atoms with Crippen LogP contribution in [0.1, 0.15) is 19.8 Å². The summed E-state index contributed by atoms with van der Waals surface area (Å²) in [5.41, 5.74) is 0.574. The second kappa shape index (κ2) is 4.82. The largest absolute Gasteiger partial charge is 0.360 e. The molecule has 0 bridgehead atoms. The van der Waals surface area contributed by atoms with Gasteiger partial charge in [0.25, 0.3) is 0 Å². The predicted molar refractivity (Wildman–Crippen MR) is 63.3 cm³/mol. The monoisotopic (exact) mass is 290 g/mol. The lowest BCUT2D eigenvalue weighted by atomic mass is 9.97. The second-order valence-corrected chi connectivity index (χ2v) is 4.89. The standard InChI is InChI=1S/C9H10Cl4O2/c1-2-3-4-5(10)7(12)9(14,15)8(13)6(4)11/h7,14-15H,2-3H2,1H3. The first kappa shape index (κ1) is 13.6. The van der Waals surface area contributed by atoms with Crippen molar-refractivity contribution in [3.05, 3.63) is 20.7 Å². The first-order valence-corrected chi connectivity index (χ1v) is 5.94. The van der Waals surface area contributed by atoms with E-state index >= 15 is 0 Å². The lowest BCUT2D eigenvalue weighted by Crippen LogP contribution is -2.42. The third kappa shape index (κ3) is 2.31. The van der Waals surface area contributed by atoms with Gasteiger partial charge in [-0.25, -0.2) is 0 Å². The van der Waals surface area contributed by atoms with Crippen molar-refractivity contribution < 1.29 is 10.2 Å². The van der Waals surface area contributed by atoms with Crippen molar-refractivity contribution in [3.63, 3.8) is 0 Å². The van der Waals surface area contributed by atoms with Crippen LogP contribution in [-0.2, 0) is 0 Å². The molecule has 0 aromatic rings. The van der Waals surface area contributed by atoms with Gasteiger partial charge < -0.3 is 10.2 Å². The molecule has 0 saturated heterocycles. The van der Waals surface area contributed by atoms with Gasteiger partial charge in [-0.3, -0.25) is 0 Å². The van der Waals surface area contributed by atoms with Crippen LogP contribution < -0.4 is 0 Å². The minimum absolute atomic E-state index is 0.0745. The molecule has 0 fully saturated rings. The highest BCUT2D eigenvalue weighted by molar-refractivity contribution is 6.46. The van der Waals surface area contributed by atoms with E-state index in [1.807, 2.05) is 6.92 Å². The summed E-state index contributed by atoms with van der Waals surface area (Å²) in [5, 5.41) is 17.9. The average Bonchev–Trinajstić information content (AvgIpc) is 2.20. The van der Waals surface area contributed by atoms with E-state index in [4.69, 9.17) is 46.4 Å². The van der Waals surface area contributed by atoms with Crippen molar-refractivity contribution in [1.82, 2.24) is 0 Å². The molecule has 0 spiro atoms. The number of allylic oxidation sites excluding steroid dienone is 2. The molecular formula is C9H10Cl4O2. The third-order valence-electron chi connectivity index (χ3n) is 2.14. The molecule has 0 saturated carbocycles. The summed E-state index contributed by atoms with van der Waals surface area (Å²) in [6, 6.07) is 0. The minimum atomic E-state index is -2.39. The Hall–Kier alpha value is 0.560. The Morgan fingerprint density at radius 1 is 1.27 bits per heavy atom. The maximum absolute atomic E-state index is 9.57. The summed E-state index contributed by atoms with van der Waals surface area (Å²) in [6.45, 7) is 1.94. The molecule has 1 atom stereocenters. The van der Waals surface area contributed by atoms with Gasteiger partial charge in [0.1, 0.15) is 5.38 Å². The smallest absolute Gasteiger partial charge is 0.224 e. The number of halogens is 4. The lowest BCUT2D eigenvalue weighted by Gasteiger charge is -2.32. The van der Waals surface area contributed by atoms with E-state index < -0.39 is 11.2 Å². The Morgan fingerprint density at radius 2 is 1.80 bits per heavy atom. The summed E-state index contributed by atoms with van der Waals surface area (Å²) in [6.07, 6.45) is 1.40. The fourth-order valence-electron chi connectivity index (χ4n) is 1.32. The molecule has 1 aliphatic carbocycles. The van der Waals surface area contributed by atoms with Crippen LogP contribution in [0.5, 0.6) is 0 Å². The summed E-state index contributed by atoms with van der Waals surface area (Å²) < 4.78 is 0. The van der Waals surface area contributed by atoms with Gasteiger partial charge in [0.15, 0.2) is 0 Å². The molecule has 0 radical (unpaired) electrons. The highest BCUT2D eigenvalue weighted by atomic mass is 35.5. The summed E-state index contributed by atoms with van der Waals surface area (Å²) >= 11 is 23.3. The van der Waals surface area contributed by atoms with Crippen LogP contribution in [0.3, 0.4) is 0 Å². The van der Waals surface area contributed by atoms with E-state index in [1.165, 1.54) is 0 Å². The van der Waals surface area contributed by atoms with Crippen molar-refractivity contribution >= 4 is 46.4 Å². The normalized spacial score (nSPS) is 26.2. The van der Waals surface area contributed by atoms with Gasteiger partial charge >= 0.3 is 0 Å². The fourth-order valence-corrected chi connectivity index (χ4v) is 2.56. The van der Waals surface area contributed by atoms with Gasteiger partial charge in [-0.2, -0.15) is 0 Å². The Balaban J connectivity index is 3.25. The Morgan fingerprint density at radius 3 is 2.27 bits per heavy atom. The van der Waals surface area contributed by atoms with Crippen LogP contribution in [-0.4, -0.2) is 21.4 Å². The molecule has 0 aromatic heterocycles. The second-order valence-electron chi connectivity index (χ2n) is 3.29. The van der Waals surface area contributed by atoms with Crippen molar-refractivity contribution in [3.8, 4) is 0 Å². The van der Waals surface area contributed by atoms with Crippen LogP contribution in [0.15, 0.2) is 20.7 Å². The Kier molecular flexibility index (Phi) is 4.38. The van der Waals surface area contributed by atoms with Crippen molar-refractivity contribution in [1.29, 1.82) is 0 Å². The van der Waals surface area contributed by atoms with E-state index in [2.05, 4.69) is 0 Å². The van der Waals surface area contributed by atoms with Gasteiger partial charge in [0.05, 0.1) is 10.1 Å². The summed E-state index contributed by atoms with van der Waals surface area (Å²) in [7, 11) is 0. The predicted octanol–water partition coefficient (Wildman–Crippen LogP) is 3.27. The number of aliphatic hydroxyl groups is 2. The molecule has 6 heteroatoms. The first-order chi connectivity index (χ1) is 6.84. The molecule has 0 aliphatic heterocycles. The zero-order valence-electron chi connectivity index (χ0n) is 7.90. The molecule has 0 amide bonds. The van der Waals surface area contributed by atoms with E-state index in [0.717, 1.165) is 6.42 Å². The van der Waals surface area contributed by atoms with Crippen LogP contribution in [0.2, 0.25) is 0 Å². The van der Waals surface area contributed by atoms with Crippen LogP contribution in [0.25, 0.3) is 0 Å². The zero-order chi connectivity index (χ0) is 11.8. The van der Waals surface area contributed by atoms with Gasteiger partial charge in [0, 0.05) is 5.03 Å². The number of rotatable bonds is 2.